The summed E-state index contributed by atoms with van der Waals surface area (Å²) in [6.45, 7) is 6.37. The maximum absolute atomic E-state index is 14.6. The number of carbonyl (C=O) groups excluding carboxylic acids is 2. The van der Waals surface area contributed by atoms with Gasteiger partial charge in [-0.3, -0.25) is 9.59 Å². The van der Waals surface area contributed by atoms with Crippen molar-refractivity contribution in [3.05, 3.63) is 93.1 Å². The summed E-state index contributed by atoms with van der Waals surface area (Å²) in [5.41, 5.74) is 1.60. The normalized spacial score (nSPS) is 23.1. The minimum Gasteiger partial charge on any atom is -0.497 e. The van der Waals surface area contributed by atoms with Crippen molar-refractivity contribution in [2.24, 2.45) is 5.92 Å². The average Bonchev–Trinajstić information content (AvgIpc) is 3.40. The van der Waals surface area contributed by atoms with E-state index in [0.29, 0.717) is 24.4 Å². The van der Waals surface area contributed by atoms with E-state index in [9.17, 15) is 19.5 Å². The molecular weight excluding hydrogens is 675 g/mol. The minimum absolute atomic E-state index is 0.00964. The summed E-state index contributed by atoms with van der Waals surface area (Å²) >= 11 is 2.26. The Kier molecular flexibility index (Phi) is 9.33. The summed E-state index contributed by atoms with van der Waals surface area (Å²) in [5.74, 6) is -0.192. The zero-order valence-electron chi connectivity index (χ0n) is 25.0. The number of hydrogen-bond donors (Lipinski definition) is 2. The van der Waals surface area contributed by atoms with Crippen LogP contribution in [0.5, 0.6) is 5.75 Å². The second-order valence-corrected chi connectivity index (χ2v) is 17.2. The molecule has 0 aliphatic carbocycles. The fraction of sp³-hybridized carbons (Fsp3) is 0.394. The molecule has 4 atom stereocenters. The molecule has 3 aromatic carbocycles. The SMILES string of the molecule is COc1ccc2c(c1)[C@@]1(O[C@H](CC(=O)N(CCO)Cc3ccccc3)[C@@H]([Si](C)(C)O)[C@@H]1C)C(=O)N2Cc1ccc(I)cc1. The molecule has 3 aromatic rings. The number of halogens is 1. The molecule has 10 heteroatoms. The van der Waals surface area contributed by atoms with Gasteiger partial charge in [0.05, 0.1) is 38.5 Å². The summed E-state index contributed by atoms with van der Waals surface area (Å²) in [4.78, 5) is 43.4. The van der Waals surface area contributed by atoms with Crippen LogP contribution in [0.1, 0.15) is 30.0 Å². The molecule has 0 bridgehead atoms. The van der Waals surface area contributed by atoms with Gasteiger partial charge in [0.25, 0.3) is 5.91 Å². The molecule has 5 rings (SSSR count). The van der Waals surface area contributed by atoms with Crippen LogP contribution in [-0.4, -0.2) is 61.3 Å². The van der Waals surface area contributed by atoms with Gasteiger partial charge < -0.3 is 29.2 Å². The molecule has 0 unspecified atom stereocenters. The monoisotopic (exact) mass is 714 g/mol. The van der Waals surface area contributed by atoms with Crippen molar-refractivity contribution < 1.29 is 29.0 Å². The first-order chi connectivity index (χ1) is 20.5. The molecule has 1 saturated heterocycles. The maximum Gasteiger partial charge on any atom is 0.264 e. The van der Waals surface area contributed by atoms with Gasteiger partial charge in [0, 0.05) is 33.7 Å². The number of fused-ring (bicyclic) bond motifs is 2. The van der Waals surface area contributed by atoms with Crippen LogP contribution in [0.15, 0.2) is 72.8 Å². The van der Waals surface area contributed by atoms with Crippen LogP contribution in [0.25, 0.3) is 0 Å². The van der Waals surface area contributed by atoms with Gasteiger partial charge >= 0.3 is 0 Å². The van der Waals surface area contributed by atoms with E-state index in [1.165, 1.54) is 0 Å². The number of anilines is 1. The van der Waals surface area contributed by atoms with Crippen molar-refractivity contribution in [1.82, 2.24) is 4.90 Å². The molecule has 2 aliphatic rings. The zero-order valence-corrected chi connectivity index (χ0v) is 28.2. The van der Waals surface area contributed by atoms with E-state index in [0.717, 1.165) is 20.4 Å². The van der Waals surface area contributed by atoms with Gasteiger partial charge in [-0.25, -0.2) is 0 Å². The molecule has 0 saturated carbocycles. The number of rotatable bonds is 10. The van der Waals surface area contributed by atoms with Crippen LogP contribution in [0.4, 0.5) is 5.69 Å². The second-order valence-electron chi connectivity index (χ2n) is 12.0. The third kappa shape index (κ3) is 6.12. The first-order valence-corrected chi connectivity index (χ1v) is 18.7. The van der Waals surface area contributed by atoms with Crippen molar-refractivity contribution in [2.75, 3.05) is 25.2 Å². The fourth-order valence-electron chi connectivity index (χ4n) is 6.83. The molecule has 2 N–H and O–H groups in total. The number of methoxy groups -OCH3 is 1. The third-order valence-electron chi connectivity index (χ3n) is 8.76. The Balaban J connectivity index is 1.52. The van der Waals surface area contributed by atoms with Crippen molar-refractivity contribution in [2.45, 2.75) is 56.8 Å². The van der Waals surface area contributed by atoms with Crippen molar-refractivity contribution in [1.29, 1.82) is 0 Å². The maximum atomic E-state index is 14.6. The number of hydrogen-bond acceptors (Lipinski definition) is 6. The van der Waals surface area contributed by atoms with Gasteiger partial charge in [-0.2, -0.15) is 0 Å². The number of benzene rings is 3. The predicted molar refractivity (Wildman–Crippen MR) is 176 cm³/mol. The molecular formula is C33H39IN2O6Si. The molecule has 1 spiro atoms. The number of amides is 2. The number of ether oxygens (including phenoxy) is 2. The highest BCUT2D eigenvalue weighted by Crippen LogP contribution is 2.60. The van der Waals surface area contributed by atoms with Crippen molar-refractivity contribution in [3.63, 3.8) is 0 Å². The Bertz CT molecular complexity index is 1460. The van der Waals surface area contributed by atoms with E-state index in [2.05, 4.69) is 22.6 Å². The van der Waals surface area contributed by atoms with Gasteiger partial charge in [-0.05, 0) is 77.1 Å². The summed E-state index contributed by atoms with van der Waals surface area (Å²) in [6.07, 6.45) is -0.697. The first-order valence-electron chi connectivity index (χ1n) is 14.6. The summed E-state index contributed by atoms with van der Waals surface area (Å²) < 4.78 is 13.5. The van der Waals surface area contributed by atoms with E-state index in [1.807, 2.05) is 92.8 Å². The number of aliphatic hydroxyl groups excluding tert-OH is 1. The van der Waals surface area contributed by atoms with Crippen LogP contribution in [0.2, 0.25) is 18.6 Å². The van der Waals surface area contributed by atoms with Gasteiger partial charge in [0.1, 0.15) is 5.75 Å². The summed E-state index contributed by atoms with van der Waals surface area (Å²) in [6, 6.07) is 23.3. The molecule has 2 heterocycles. The Morgan fingerprint density at radius 3 is 2.42 bits per heavy atom. The average molecular weight is 715 g/mol. The lowest BCUT2D eigenvalue weighted by Crippen LogP contribution is -2.46. The summed E-state index contributed by atoms with van der Waals surface area (Å²) in [7, 11) is -1.37. The number of aliphatic hydroxyl groups is 1. The van der Waals surface area contributed by atoms with Crippen LogP contribution in [0.3, 0.4) is 0 Å². The lowest BCUT2D eigenvalue weighted by atomic mass is 9.82. The predicted octanol–water partition coefficient (Wildman–Crippen LogP) is 5.06. The zero-order chi connectivity index (χ0) is 30.9. The van der Waals surface area contributed by atoms with Crippen LogP contribution in [0, 0.1) is 9.49 Å². The van der Waals surface area contributed by atoms with Gasteiger partial charge in [-0.1, -0.05) is 49.4 Å². The Morgan fingerprint density at radius 1 is 1.09 bits per heavy atom. The highest BCUT2D eigenvalue weighted by atomic mass is 127. The second kappa shape index (κ2) is 12.7. The smallest absolute Gasteiger partial charge is 0.264 e. The third-order valence-corrected chi connectivity index (χ3v) is 12.0. The Morgan fingerprint density at radius 2 is 1.79 bits per heavy atom. The summed E-state index contributed by atoms with van der Waals surface area (Å²) in [5, 5.41) is 9.75. The van der Waals surface area contributed by atoms with Crippen LogP contribution in [-0.2, 0) is 33.0 Å². The lowest BCUT2D eigenvalue weighted by Gasteiger charge is -2.32. The van der Waals surface area contributed by atoms with Crippen molar-refractivity contribution in [3.8, 4) is 5.75 Å². The fourth-order valence-corrected chi connectivity index (χ4v) is 9.74. The lowest BCUT2D eigenvalue weighted by molar-refractivity contribution is -0.150. The highest BCUT2D eigenvalue weighted by Gasteiger charge is 2.66. The molecule has 0 radical (unpaired) electrons. The van der Waals surface area contributed by atoms with Gasteiger partial charge in [0.2, 0.25) is 5.91 Å². The van der Waals surface area contributed by atoms with E-state index in [1.54, 1.807) is 16.9 Å². The molecule has 228 valence electrons. The van der Waals surface area contributed by atoms with E-state index in [4.69, 9.17) is 9.47 Å². The van der Waals surface area contributed by atoms with Gasteiger partial charge in [-0.15, -0.1) is 0 Å². The largest absolute Gasteiger partial charge is 0.497 e. The van der Waals surface area contributed by atoms with Crippen LogP contribution < -0.4 is 9.64 Å². The van der Waals surface area contributed by atoms with Gasteiger partial charge in [0.15, 0.2) is 13.9 Å². The van der Waals surface area contributed by atoms with Crippen LogP contribution >= 0.6 is 22.6 Å². The minimum atomic E-state index is -2.96. The molecule has 2 aliphatic heterocycles. The Hall–Kier alpha value is -2.77. The standard InChI is InChI=1S/C33H39IN2O6Si/c1-22-31(43(3,4)40)29(19-30(38)35(16-17-37)20-23-8-6-5-7-9-23)42-33(22)27-18-26(41-2)14-15-28(27)36(32(33)39)21-24-10-12-25(34)13-11-24/h5-15,18,22,29,31,37,40H,16-17,19-21H2,1-4H3/t22-,29+,31-,33+/m0/s1. The molecule has 43 heavy (non-hydrogen) atoms. The molecule has 2 amide bonds. The first kappa shape index (κ1) is 31.6. The molecule has 0 aromatic heterocycles. The Labute approximate surface area is 267 Å². The quantitative estimate of drug-likeness (QED) is 0.225. The van der Waals surface area contributed by atoms with E-state index < -0.39 is 31.5 Å². The van der Waals surface area contributed by atoms with Crippen molar-refractivity contribution >= 4 is 48.4 Å². The highest BCUT2D eigenvalue weighted by molar-refractivity contribution is 14.1. The number of carbonyl (C=O) groups is 2. The number of nitrogens with zero attached hydrogens (tertiary/aromatic N) is 2. The topological polar surface area (TPSA) is 99.5 Å². The molecule has 8 nitrogen and oxygen atoms in total. The molecule has 1 fully saturated rings. The van der Waals surface area contributed by atoms with E-state index in [-0.39, 0.29) is 31.4 Å². The van der Waals surface area contributed by atoms with E-state index >= 15 is 0 Å².